The predicted molar refractivity (Wildman–Crippen MR) is 282 cm³/mol. The van der Waals surface area contributed by atoms with Crippen LogP contribution in [0.2, 0.25) is 0 Å². The summed E-state index contributed by atoms with van der Waals surface area (Å²) in [5.74, 6) is 2.87. The molecule has 8 rings (SSSR count). The molecule has 0 saturated carbocycles. The van der Waals surface area contributed by atoms with Crippen LogP contribution in [-0.4, -0.2) is 47.0 Å². The summed E-state index contributed by atoms with van der Waals surface area (Å²) in [4.78, 5) is 40.9. The molecular weight excluding hydrogens is 970 g/mol. The van der Waals surface area contributed by atoms with E-state index in [1.165, 1.54) is 4.58 Å². The maximum Gasteiger partial charge on any atom is 0.530 e. The normalized spacial score (nSPS) is 13.5. The lowest BCUT2D eigenvalue weighted by Gasteiger charge is -2.22. The zero-order valence-corrected chi connectivity index (χ0v) is 42.3. The number of hydrogen-bond donors (Lipinski definition) is 2. The van der Waals surface area contributed by atoms with E-state index in [1.807, 2.05) is 182 Å². The molecule has 0 radical (unpaired) electrons. The van der Waals surface area contributed by atoms with Gasteiger partial charge in [-0.25, -0.2) is 18.9 Å². The Bertz CT molecular complexity index is 2990. The monoisotopic (exact) mass is 1030 g/mol. The van der Waals surface area contributed by atoms with Crippen molar-refractivity contribution in [2.75, 3.05) is 6.54 Å². The van der Waals surface area contributed by atoms with Gasteiger partial charge in [-0.2, -0.15) is 0 Å². The van der Waals surface area contributed by atoms with Crippen LogP contribution in [-0.2, 0) is 83.5 Å². The van der Waals surface area contributed by atoms with Crippen molar-refractivity contribution in [3.05, 3.63) is 245 Å². The minimum Gasteiger partial charge on any atom is -0.485 e. The second-order valence-electron chi connectivity index (χ2n) is 17.6. The van der Waals surface area contributed by atoms with Crippen LogP contribution < -0.4 is 19.9 Å². The number of alkyl carbamates (subject to hydrolysis) is 1. The Kier molecular flexibility index (Phi) is 19.6. The Morgan fingerprint density at radius 2 is 1.01 bits per heavy atom. The lowest BCUT2D eigenvalue weighted by molar-refractivity contribution is -0.448. The summed E-state index contributed by atoms with van der Waals surface area (Å²) in [5, 5.41) is 5.95. The number of carbonyl (C=O) groups excluding carboxylic acids is 3. The van der Waals surface area contributed by atoms with Crippen LogP contribution in [0.25, 0.3) is 0 Å². The highest BCUT2D eigenvalue weighted by molar-refractivity contribution is 7.48. The molecule has 2 atom stereocenters. The topological polar surface area (TPSA) is 160 Å². The van der Waals surface area contributed by atoms with Gasteiger partial charge in [0.05, 0.1) is 13.2 Å². The van der Waals surface area contributed by atoms with Gasteiger partial charge in [0.25, 0.3) is 0 Å². The molecule has 1 aliphatic heterocycles. The average Bonchev–Trinajstić information content (AvgIpc) is 3.45. The summed E-state index contributed by atoms with van der Waals surface area (Å²) >= 11 is 0. The summed E-state index contributed by atoms with van der Waals surface area (Å²) in [6.45, 7) is 0.559. The van der Waals surface area contributed by atoms with Crippen molar-refractivity contribution < 1.29 is 56.0 Å². The first-order chi connectivity index (χ1) is 36.7. The highest BCUT2D eigenvalue weighted by Gasteiger charge is 2.36. The van der Waals surface area contributed by atoms with Gasteiger partial charge in [0, 0.05) is 12.8 Å². The number of phosphoric ester groups is 1. The van der Waals surface area contributed by atoms with Gasteiger partial charge in [0.15, 0.2) is 24.1 Å². The molecule has 14 nitrogen and oxygen atoms in total. The molecule has 0 bridgehead atoms. The number of esters is 1. The Hall–Kier alpha value is -8.25. The third kappa shape index (κ3) is 17.2. The second-order valence-corrected chi connectivity index (χ2v) is 19.2. The molecule has 0 aliphatic carbocycles. The third-order valence-corrected chi connectivity index (χ3v) is 13.1. The smallest absolute Gasteiger partial charge is 0.485 e. The second kappa shape index (κ2) is 27.7. The first-order valence-electron chi connectivity index (χ1n) is 24.8. The van der Waals surface area contributed by atoms with E-state index in [4.69, 9.17) is 32.5 Å². The molecule has 0 saturated heterocycles. The summed E-state index contributed by atoms with van der Waals surface area (Å²) in [6.07, 6.45) is 0.482. The van der Waals surface area contributed by atoms with Crippen molar-refractivity contribution >= 4 is 31.7 Å². The van der Waals surface area contributed by atoms with E-state index in [0.29, 0.717) is 18.4 Å². The van der Waals surface area contributed by atoms with Crippen LogP contribution in [0.5, 0.6) is 11.5 Å². The summed E-state index contributed by atoms with van der Waals surface area (Å²) in [6, 6.07) is 59.6. The molecule has 2 N–H and O–H groups in total. The fourth-order valence-electron chi connectivity index (χ4n) is 7.83. The van der Waals surface area contributed by atoms with Crippen LogP contribution >= 0.6 is 7.82 Å². The Balaban J connectivity index is 0.985. The third-order valence-electron chi connectivity index (χ3n) is 11.8. The maximum absolute atomic E-state index is 14.6. The predicted octanol–water partition coefficient (Wildman–Crippen LogP) is 11.2. The zero-order chi connectivity index (χ0) is 51.9. The summed E-state index contributed by atoms with van der Waals surface area (Å²) < 4.78 is 57.9. The van der Waals surface area contributed by atoms with E-state index in [1.54, 1.807) is 18.2 Å². The number of ether oxygens (including phenoxy) is 4. The fraction of sp³-hybridized carbons (Fsp3) is 0.217. The summed E-state index contributed by atoms with van der Waals surface area (Å²) in [7, 11) is -4.30. The highest BCUT2D eigenvalue weighted by Crippen LogP contribution is 2.53. The van der Waals surface area contributed by atoms with Gasteiger partial charge in [-0.15, -0.1) is 4.58 Å². The van der Waals surface area contributed by atoms with Gasteiger partial charge in [0.2, 0.25) is 5.87 Å². The number of nitrogens with one attached hydrogen (secondary N) is 2. The van der Waals surface area contributed by atoms with Crippen LogP contribution in [0.4, 0.5) is 4.79 Å². The van der Waals surface area contributed by atoms with E-state index in [9.17, 15) is 18.9 Å². The van der Waals surface area contributed by atoms with E-state index in [-0.39, 0.29) is 82.3 Å². The van der Waals surface area contributed by atoms with E-state index >= 15 is 0 Å². The van der Waals surface area contributed by atoms with Crippen LogP contribution in [0.3, 0.4) is 0 Å². The number of hydrogen-bond acceptors (Lipinski definition) is 12. The maximum atomic E-state index is 14.6. The van der Waals surface area contributed by atoms with Crippen molar-refractivity contribution in [2.24, 2.45) is 0 Å². The minimum absolute atomic E-state index is 0.0257. The number of unbranched alkanes of at least 4 members (excludes halogenated alkanes) is 1. The van der Waals surface area contributed by atoms with Crippen LogP contribution in [0.15, 0.2) is 206 Å². The molecule has 7 aromatic carbocycles. The fourth-order valence-corrected chi connectivity index (χ4v) is 9.02. The van der Waals surface area contributed by atoms with E-state index in [2.05, 4.69) is 16.5 Å². The van der Waals surface area contributed by atoms with Crippen molar-refractivity contribution in [3.63, 3.8) is 0 Å². The first-order valence-corrected chi connectivity index (χ1v) is 26.2. The minimum atomic E-state index is -4.30. The van der Waals surface area contributed by atoms with Gasteiger partial charge in [-0.05, 0) is 63.9 Å². The molecular formula is C60H59N3O11P+. The number of benzene rings is 7. The number of rotatable bonds is 27. The Labute approximate surface area is 437 Å². The van der Waals surface area contributed by atoms with Gasteiger partial charge in [0.1, 0.15) is 32.5 Å². The number of carbonyl (C=O) groups is 3. The van der Waals surface area contributed by atoms with Gasteiger partial charge < -0.3 is 34.1 Å². The standard InChI is InChI=1S/C60H58N3O11P/c64-58-54(37-52-34-35-55(56(38-52)68-40-46-21-7-1-8-22-46)74-75(67,72-44-50-29-15-5-16-30-50)73-45-51-31-17-6-18-32-51)61-57(69-41-47-23-9-2-10-24-47)39-63(58)36-20-19-33-53(59(65)70-42-48-25-11-3-12-26-48)62-60(66)71-43-49-27-13-4-14-28-49/h1-18,21-32,34-35,38,53-54,61H,19-20,33,36-37,40-45H2/p+1/t53-,54-/m0/s1. The molecule has 0 fully saturated rings. The van der Waals surface area contributed by atoms with Crippen molar-refractivity contribution in [1.29, 1.82) is 0 Å². The molecule has 2 amide bonds. The Morgan fingerprint density at radius 1 is 0.547 bits per heavy atom. The average molecular weight is 1030 g/mol. The lowest BCUT2D eigenvalue weighted by atomic mass is 10.0. The van der Waals surface area contributed by atoms with Gasteiger partial charge >= 0.3 is 31.7 Å². The van der Waals surface area contributed by atoms with Crippen LogP contribution in [0.1, 0.15) is 58.2 Å². The van der Waals surface area contributed by atoms with Crippen molar-refractivity contribution in [1.82, 2.24) is 10.6 Å². The summed E-state index contributed by atoms with van der Waals surface area (Å²) in [5.41, 5.74) is 5.63. The number of amides is 2. The molecule has 0 spiro atoms. The van der Waals surface area contributed by atoms with Crippen molar-refractivity contribution in [2.45, 2.75) is 77.4 Å². The van der Waals surface area contributed by atoms with E-state index in [0.717, 1.165) is 33.4 Å². The highest BCUT2D eigenvalue weighted by atomic mass is 31.2. The molecule has 15 heteroatoms. The van der Waals surface area contributed by atoms with Gasteiger partial charge in [-0.3, -0.25) is 9.05 Å². The molecule has 1 aliphatic rings. The molecule has 0 unspecified atom stereocenters. The molecule has 7 aromatic rings. The quantitative estimate of drug-likeness (QED) is 0.0218. The lowest BCUT2D eigenvalue weighted by Crippen LogP contribution is -2.48. The van der Waals surface area contributed by atoms with Crippen molar-refractivity contribution in [3.8, 4) is 11.5 Å². The molecule has 384 valence electrons. The molecule has 1 heterocycles. The number of phosphoric acid groups is 1. The molecule has 75 heavy (non-hydrogen) atoms. The SMILES string of the molecule is O=C(N[C@@H](CCCC[N+]1=C=C(OCc2ccccc2)N[C@@H](Cc2ccc(OP(=O)(OCc3ccccc3)OCc3ccccc3)c(OCc3ccccc3)c2)C1=O)C(=O)OCc1ccccc1)OCc1ccccc1. The molecule has 0 aromatic heterocycles. The van der Waals surface area contributed by atoms with E-state index < -0.39 is 32.0 Å². The van der Waals surface area contributed by atoms with Crippen LogP contribution in [0, 0.1) is 0 Å². The van der Waals surface area contributed by atoms with Gasteiger partial charge in [-0.1, -0.05) is 188 Å². The number of nitrogens with zero attached hydrogens (tertiary/aromatic N) is 1. The largest absolute Gasteiger partial charge is 0.530 e. The Morgan fingerprint density at radius 3 is 1.53 bits per heavy atom. The first kappa shape index (κ1) is 53.1. The zero-order valence-electron chi connectivity index (χ0n) is 41.4.